The molecule has 4 aromatic rings. The van der Waals surface area contributed by atoms with E-state index in [1.165, 1.54) is 22.9 Å². The van der Waals surface area contributed by atoms with Crippen LogP contribution >= 0.6 is 7.60 Å². The number of halogens is 1. The maximum atomic E-state index is 15.1. The van der Waals surface area contributed by atoms with Crippen molar-refractivity contribution >= 4 is 34.8 Å². The Labute approximate surface area is 187 Å². The Hall–Kier alpha value is -3.20. The van der Waals surface area contributed by atoms with Crippen molar-refractivity contribution in [1.29, 1.82) is 0 Å². The number of aromatic nitrogens is 3. The van der Waals surface area contributed by atoms with Crippen molar-refractivity contribution in [3.8, 4) is 11.5 Å². The molecule has 172 valence electrons. The van der Waals surface area contributed by atoms with E-state index in [0.29, 0.717) is 33.4 Å². The minimum absolute atomic E-state index is 0.0495. The number of fused-ring (bicyclic) bond motifs is 5. The van der Waals surface area contributed by atoms with Crippen molar-refractivity contribution in [2.75, 3.05) is 20.0 Å². The molecule has 0 aliphatic carbocycles. The number of hydrogen-bond acceptors (Lipinski definition) is 7. The largest absolute Gasteiger partial charge is 0.454 e. The molecule has 11 heteroatoms. The molecule has 33 heavy (non-hydrogen) atoms. The lowest BCUT2D eigenvalue weighted by molar-refractivity contribution is 0.174. The smallest absolute Gasteiger partial charge is 0.361 e. The summed E-state index contributed by atoms with van der Waals surface area (Å²) >= 11 is 0. The molecule has 1 N–H and O–H groups in total. The lowest BCUT2D eigenvalue weighted by Gasteiger charge is -2.18. The number of rotatable bonds is 7. The number of nitrogens with one attached hydrogen (secondary N) is 1. The average molecular weight is 473 g/mol. The van der Waals surface area contributed by atoms with Crippen LogP contribution in [0.4, 0.5) is 4.39 Å². The monoisotopic (exact) mass is 473 g/mol. The quantitative estimate of drug-likeness (QED) is 0.408. The number of aromatic amines is 1. The molecule has 5 rings (SSSR count). The topological polar surface area (TPSA) is 105 Å². The standard InChI is InChI=1S/C22H21FN3O6P/c1-3-31-33(28,32-4-2)14-6-5-13(16(23)9-14)11-26-20-15-7-8-18-21(30-12-29-18)19(15)24-10-17(20)25-22(26)27/h5-10H,3-4,11-12H2,1-2H3,(H,25,27). The molecule has 2 aromatic heterocycles. The second-order valence-corrected chi connectivity index (χ2v) is 9.37. The molecule has 0 spiro atoms. The molecule has 0 fully saturated rings. The van der Waals surface area contributed by atoms with Gasteiger partial charge < -0.3 is 23.5 Å². The third-order valence-electron chi connectivity index (χ3n) is 5.38. The van der Waals surface area contributed by atoms with Crippen molar-refractivity contribution in [3.63, 3.8) is 0 Å². The molecule has 0 bridgehead atoms. The van der Waals surface area contributed by atoms with Crippen molar-refractivity contribution in [2.24, 2.45) is 0 Å². The lowest BCUT2D eigenvalue weighted by Crippen LogP contribution is -2.19. The number of hydrogen-bond donors (Lipinski definition) is 1. The van der Waals surface area contributed by atoms with Crippen LogP contribution < -0.4 is 20.5 Å². The van der Waals surface area contributed by atoms with E-state index in [1.54, 1.807) is 26.0 Å². The molecule has 2 aromatic carbocycles. The van der Waals surface area contributed by atoms with Gasteiger partial charge in [0.05, 0.1) is 42.3 Å². The summed E-state index contributed by atoms with van der Waals surface area (Å²) in [5.74, 6) is 0.463. The van der Waals surface area contributed by atoms with Gasteiger partial charge in [0.25, 0.3) is 0 Å². The van der Waals surface area contributed by atoms with Gasteiger partial charge in [0.15, 0.2) is 11.5 Å². The van der Waals surface area contributed by atoms with Gasteiger partial charge in [0.2, 0.25) is 6.79 Å². The Morgan fingerprint density at radius 2 is 1.97 bits per heavy atom. The number of imidazole rings is 1. The summed E-state index contributed by atoms with van der Waals surface area (Å²) in [7, 11) is -3.63. The van der Waals surface area contributed by atoms with Gasteiger partial charge in [-0.1, -0.05) is 6.07 Å². The zero-order valence-electron chi connectivity index (χ0n) is 18.0. The van der Waals surface area contributed by atoms with Crippen molar-refractivity contribution in [3.05, 3.63) is 58.4 Å². The van der Waals surface area contributed by atoms with Gasteiger partial charge in [-0.05, 0) is 38.1 Å². The Morgan fingerprint density at radius 1 is 1.18 bits per heavy atom. The van der Waals surface area contributed by atoms with E-state index in [0.717, 1.165) is 6.07 Å². The third kappa shape index (κ3) is 3.60. The Bertz CT molecular complexity index is 1470. The SMILES string of the molecule is CCOP(=O)(OCC)c1ccc(Cn2c(=O)[nH]c3cnc4c5c(ccc4c32)OCO5)c(F)c1. The van der Waals surface area contributed by atoms with E-state index in [4.69, 9.17) is 18.5 Å². The first-order valence-electron chi connectivity index (χ1n) is 10.4. The average Bonchev–Trinajstić information content (AvgIpc) is 3.39. The van der Waals surface area contributed by atoms with Gasteiger partial charge in [-0.15, -0.1) is 0 Å². The molecule has 0 amide bonds. The number of ether oxygens (including phenoxy) is 2. The Balaban J connectivity index is 1.59. The van der Waals surface area contributed by atoms with Crippen molar-refractivity contribution in [2.45, 2.75) is 20.4 Å². The molecule has 0 saturated carbocycles. The van der Waals surface area contributed by atoms with Gasteiger partial charge in [-0.3, -0.25) is 9.13 Å². The summed E-state index contributed by atoms with van der Waals surface area (Å²) in [6, 6.07) is 7.67. The fourth-order valence-corrected chi connectivity index (χ4v) is 5.54. The molecule has 0 radical (unpaired) electrons. The van der Waals surface area contributed by atoms with Crippen LogP contribution in [-0.2, 0) is 20.2 Å². The fraction of sp³-hybridized carbons (Fsp3) is 0.273. The summed E-state index contributed by atoms with van der Waals surface area (Å²) in [6.07, 6.45) is 1.54. The normalized spacial score (nSPS) is 13.3. The molecule has 0 saturated heterocycles. The highest BCUT2D eigenvalue weighted by Gasteiger charge is 2.28. The lowest BCUT2D eigenvalue weighted by atomic mass is 10.1. The number of nitrogens with zero attached hydrogens (tertiary/aromatic N) is 2. The van der Waals surface area contributed by atoms with Crippen LogP contribution in [0.2, 0.25) is 0 Å². The van der Waals surface area contributed by atoms with Crippen LogP contribution in [0.3, 0.4) is 0 Å². The zero-order chi connectivity index (χ0) is 23.2. The highest BCUT2D eigenvalue weighted by molar-refractivity contribution is 7.62. The molecule has 1 aliphatic heterocycles. The number of H-pyrrole nitrogens is 1. The maximum absolute atomic E-state index is 15.1. The minimum atomic E-state index is -3.63. The highest BCUT2D eigenvalue weighted by atomic mass is 31.2. The predicted octanol–water partition coefficient (Wildman–Crippen LogP) is 3.69. The molecular formula is C22H21FN3O6P. The predicted molar refractivity (Wildman–Crippen MR) is 120 cm³/mol. The van der Waals surface area contributed by atoms with Gasteiger partial charge >= 0.3 is 13.3 Å². The van der Waals surface area contributed by atoms with Gasteiger partial charge in [0.1, 0.15) is 11.3 Å². The van der Waals surface area contributed by atoms with E-state index in [2.05, 4.69) is 9.97 Å². The summed E-state index contributed by atoms with van der Waals surface area (Å²) in [4.78, 5) is 19.9. The molecule has 9 nitrogen and oxygen atoms in total. The summed E-state index contributed by atoms with van der Waals surface area (Å²) < 4.78 is 51.0. The summed E-state index contributed by atoms with van der Waals surface area (Å²) in [5.41, 5.74) is 1.47. The number of benzene rings is 2. The third-order valence-corrected chi connectivity index (χ3v) is 7.49. The fourth-order valence-electron chi connectivity index (χ4n) is 3.96. The first kappa shape index (κ1) is 21.6. The number of pyridine rings is 1. The van der Waals surface area contributed by atoms with Crippen LogP contribution in [0.5, 0.6) is 11.5 Å². The Kier molecular flexibility index (Phi) is 5.44. The van der Waals surface area contributed by atoms with Crippen LogP contribution in [0, 0.1) is 5.82 Å². The van der Waals surface area contributed by atoms with E-state index in [-0.39, 0.29) is 37.4 Å². The van der Waals surface area contributed by atoms with Crippen LogP contribution in [0.25, 0.3) is 21.9 Å². The van der Waals surface area contributed by atoms with Gasteiger partial charge in [-0.25, -0.2) is 14.2 Å². The molecule has 0 unspecified atom stereocenters. The second-order valence-electron chi connectivity index (χ2n) is 7.34. The molecule has 0 atom stereocenters. The maximum Gasteiger partial charge on any atom is 0.361 e. The molecular weight excluding hydrogens is 452 g/mol. The van der Waals surface area contributed by atoms with Crippen molar-refractivity contribution in [1.82, 2.24) is 14.5 Å². The van der Waals surface area contributed by atoms with E-state index < -0.39 is 19.1 Å². The molecule has 3 heterocycles. The first-order chi connectivity index (χ1) is 15.9. The first-order valence-corrected chi connectivity index (χ1v) is 12.0. The van der Waals surface area contributed by atoms with Crippen LogP contribution in [-0.4, -0.2) is 34.5 Å². The van der Waals surface area contributed by atoms with Gasteiger partial charge in [-0.2, -0.15) is 0 Å². The van der Waals surface area contributed by atoms with E-state index >= 15 is 4.39 Å². The molecule has 1 aliphatic rings. The zero-order valence-corrected chi connectivity index (χ0v) is 18.9. The summed E-state index contributed by atoms with van der Waals surface area (Å²) in [6.45, 7) is 3.73. The van der Waals surface area contributed by atoms with Crippen LogP contribution in [0.1, 0.15) is 19.4 Å². The van der Waals surface area contributed by atoms with E-state index in [1.807, 2.05) is 0 Å². The van der Waals surface area contributed by atoms with Crippen molar-refractivity contribution < 1.29 is 27.5 Å². The van der Waals surface area contributed by atoms with Crippen LogP contribution in [0.15, 0.2) is 41.3 Å². The van der Waals surface area contributed by atoms with E-state index in [9.17, 15) is 9.36 Å². The summed E-state index contributed by atoms with van der Waals surface area (Å²) in [5, 5.41) is 0.797. The Morgan fingerprint density at radius 3 is 2.70 bits per heavy atom. The highest BCUT2D eigenvalue weighted by Crippen LogP contribution is 2.47. The van der Waals surface area contributed by atoms with Gasteiger partial charge in [0, 0.05) is 10.9 Å². The second kappa shape index (κ2) is 8.30. The minimum Gasteiger partial charge on any atom is -0.454 e.